The zero-order chi connectivity index (χ0) is 10.7. The standard InChI is InChI=1S/C14H27N/c1-12(11-13-7-8-13)15-14(2)9-5-3-4-6-10-14/h12-13,15H,3-11H2,1-2H3. The topological polar surface area (TPSA) is 12.0 Å². The minimum Gasteiger partial charge on any atom is -0.309 e. The Morgan fingerprint density at radius 3 is 2.27 bits per heavy atom. The molecule has 0 heterocycles. The lowest BCUT2D eigenvalue weighted by atomic mass is 9.91. The van der Waals surface area contributed by atoms with Gasteiger partial charge in [-0.1, -0.05) is 38.5 Å². The van der Waals surface area contributed by atoms with Crippen molar-refractivity contribution >= 4 is 0 Å². The van der Waals surface area contributed by atoms with Crippen molar-refractivity contribution in [2.45, 2.75) is 83.2 Å². The van der Waals surface area contributed by atoms with Crippen LogP contribution in [0.3, 0.4) is 0 Å². The molecule has 1 nitrogen and oxygen atoms in total. The molecule has 2 saturated carbocycles. The van der Waals surface area contributed by atoms with Crippen LogP contribution >= 0.6 is 0 Å². The Morgan fingerprint density at radius 2 is 1.73 bits per heavy atom. The maximum atomic E-state index is 3.91. The van der Waals surface area contributed by atoms with Crippen LogP contribution < -0.4 is 5.32 Å². The molecular formula is C14H27N. The van der Waals surface area contributed by atoms with Crippen LogP contribution in [-0.4, -0.2) is 11.6 Å². The van der Waals surface area contributed by atoms with E-state index in [9.17, 15) is 0 Å². The first kappa shape index (κ1) is 11.4. The molecule has 0 bridgehead atoms. The summed E-state index contributed by atoms with van der Waals surface area (Å²) < 4.78 is 0. The Labute approximate surface area is 95.0 Å². The third-order valence-corrected chi connectivity index (χ3v) is 4.19. The van der Waals surface area contributed by atoms with Gasteiger partial charge in [0.05, 0.1) is 0 Å². The quantitative estimate of drug-likeness (QED) is 0.693. The van der Waals surface area contributed by atoms with Crippen LogP contribution in [0.5, 0.6) is 0 Å². The van der Waals surface area contributed by atoms with Crippen LogP contribution in [0.1, 0.15) is 71.6 Å². The summed E-state index contributed by atoms with van der Waals surface area (Å²) in [6.45, 7) is 4.83. The number of hydrogen-bond donors (Lipinski definition) is 1. The van der Waals surface area contributed by atoms with Crippen molar-refractivity contribution in [3.05, 3.63) is 0 Å². The minimum absolute atomic E-state index is 0.449. The van der Waals surface area contributed by atoms with Gasteiger partial charge in [-0.25, -0.2) is 0 Å². The van der Waals surface area contributed by atoms with Crippen molar-refractivity contribution in [2.75, 3.05) is 0 Å². The van der Waals surface area contributed by atoms with Crippen molar-refractivity contribution < 1.29 is 0 Å². The normalized spacial score (nSPS) is 28.4. The average Bonchev–Trinajstić information content (AvgIpc) is 2.94. The maximum Gasteiger partial charge on any atom is 0.0155 e. The lowest BCUT2D eigenvalue weighted by Gasteiger charge is -2.33. The molecule has 15 heavy (non-hydrogen) atoms. The minimum atomic E-state index is 0.449. The van der Waals surface area contributed by atoms with E-state index in [-0.39, 0.29) is 0 Å². The van der Waals surface area contributed by atoms with E-state index in [1.807, 2.05) is 0 Å². The Morgan fingerprint density at radius 1 is 1.13 bits per heavy atom. The largest absolute Gasteiger partial charge is 0.309 e. The summed E-state index contributed by atoms with van der Waals surface area (Å²) in [6.07, 6.45) is 12.9. The molecule has 0 spiro atoms. The maximum absolute atomic E-state index is 3.91. The molecule has 1 N–H and O–H groups in total. The van der Waals surface area contributed by atoms with Gasteiger partial charge in [-0.3, -0.25) is 0 Å². The van der Waals surface area contributed by atoms with Crippen molar-refractivity contribution in [1.29, 1.82) is 0 Å². The summed E-state index contributed by atoms with van der Waals surface area (Å²) in [5.74, 6) is 1.06. The molecule has 0 aliphatic heterocycles. The first-order valence-electron chi connectivity index (χ1n) is 6.96. The van der Waals surface area contributed by atoms with Gasteiger partial charge in [0, 0.05) is 11.6 Å². The zero-order valence-electron chi connectivity index (χ0n) is 10.5. The summed E-state index contributed by atoms with van der Waals surface area (Å²) in [7, 11) is 0. The van der Waals surface area contributed by atoms with Crippen LogP contribution in [0.15, 0.2) is 0 Å². The number of hydrogen-bond acceptors (Lipinski definition) is 1. The molecule has 1 atom stereocenters. The van der Waals surface area contributed by atoms with Crippen LogP contribution in [0, 0.1) is 5.92 Å². The second-order valence-corrected chi connectivity index (χ2v) is 6.20. The van der Waals surface area contributed by atoms with E-state index in [4.69, 9.17) is 0 Å². The lowest BCUT2D eigenvalue weighted by Crippen LogP contribution is -2.46. The molecule has 0 radical (unpaired) electrons. The van der Waals surface area contributed by atoms with Crippen LogP contribution in [0.4, 0.5) is 0 Å². The third kappa shape index (κ3) is 3.79. The molecule has 2 rings (SSSR count). The van der Waals surface area contributed by atoms with Crippen LogP contribution in [0.25, 0.3) is 0 Å². The van der Waals surface area contributed by atoms with Crippen molar-refractivity contribution in [1.82, 2.24) is 5.32 Å². The molecule has 1 heteroatoms. The third-order valence-electron chi connectivity index (χ3n) is 4.19. The molecule has 0 amide bonds. The van der Waals surface area contributed by atoms with Gasteiger partial charge >= 0.3 is 0 Å². The summed E-state index contributed by atoms with van der Waals surface area (Å²) >= 11 is 0. The smallest absolute Gasteiger partial charge is 0.0155 e. The van der Waals surface area contributed by atoms with E-state index in [1.54, 1.807) is 0 Å². The van der Waals surface area contributed by atoms with E-state index in [0.29, 0.717) is 5.54 Å². The zero-order valence-corrected chi connectivity index (χ0v) is 10.5. The Kier molecular flexibility index (Phi) is 3.71. The summed E-state index contributed by atoms with van der Waals surface area (Å²) in [5, 5.41) is 3.91. The fraction of sp³-hybridized carbons (Fsp3) is 1.00. The Balaban J connectivity index is 1.78. The monoisotopic (exact) mass is 209 g/mol. The first-order valence-corrected chi connectivity index (χ1v) is 6.96. The number of nitrogens with one attached hydrogen (secondary N) is 1. The highest BCUT2D eigenvalue weighted by Gasteiger charge is 2.29. The predicted octanol–water partition coefficient (Wildman–Crippen LogP) is 3.88. The van der Waals surface area contributed by atoms with Gasteiger partial charge in [0.25, 0.3) is 0 Å². The van der Waals surface area contributed by atoms with E-state index >= 15 is 0 Å². The summed E-state index contributed by atoms with van der Waals surface area (Å²) in [4.78, 5) is 0. The predicted molar refractivity (Wildman–Crippen MR) is 66.0 cm³/mol. The van der Waals surface area contributed by atoms with E-state index < -0.39 is 0 Å². The molecule has 1 unspecified atom stereocenters. The highest BCUT2D eigenvalue weighted by atomic mass is 15.0. The van der Waals surface area contributed by atoms with Gasteiger partial charge in [0.15, 0.2) is 0 Å². The number of rotatable bonds is 4. The highest BCUT2D eigenvalue weighted by molar-refractivity contribution is 4.89. The molecular weight excluding hydrogens is 182 g/mol. The molecule has 2 aliphatic rings. The highest BCUT2D eigenvalue weighted by Crippen LogP contribution is 2.34. The fourth-order valence-corrected chi connectivity index (χ4v) is 3.16. The van der Waals surface area contributed by atoms with E-state index in [1.165, 1.54) is 57.8 Å². The van der Waals surface area contributed by atoms with Crippen molar-refractivity contribution in [3.63, 3.8) is 0 Å². The lowest BCUT2D eigenvalue weighted by molar-refractivity contribution is 0.271. The fourth-order valence-electron chi connectivity index (χ4n) is 3.16. The van der Waals surface area contributed by atoms with Gasteiger partial charge in [0.2, 0.25) is 0 Å². The van der Waals surface area contributed by atoms with Crippen LogP contribution in [-0.2, 0) is 0 Å². The molecule has 0 aromatic rings. The van der Waals surface area contributed by atoms with Gasteiger partial charge in [0.1, 0.15) is 0 Å². The summed E-state index contributed by atoms with van der Waals surface area (Å²) in [6, 6.07) is 0.737. The van der Waals surface area contributed by atoms with Gasteiger partial charge in [-0.2, -0.15) is 0 Å². The second-order valence-electron chi connectivity index (χ2n) is 6.20. The SMILES string of the molecule is CC(CC1CC1)NC1(C)CCCCCC1. The van der Waals surface area contributed by atoms with Gasteiger partial charge in [-0.05, 0) is 39.0 Å². The average molecular weight is 209 g/mol. The van der Waals surface area contributed by atoms with E-state index in [2.05, 4.69) is 19.2 Å². The molecule has 0 aromatic heterocycles. The first-order chi connectivity index (χ1) is 7.18. The second kappa shape index (κ2) is 4.86. The summed E-state index contributed by atoms with van der Waals surface area (Å²) in [5.41, 5.74) is 0.449. The van der Waals surface area contributed by atoms with Crippen molar-refractivity contribution in [3.8, 4) is 0 Å². The molecule has 88 valence electrons. The Hall–Kier alpha value is -0.0400. The Bertz CT molecular complexity index is 188. The molecule has 2 aliphatic carbocycles. The molecule has 0 saturated heterocycles. The molecule has 0 aromatic carbocycles. The van der Waals surface area contributed by atoms with E-state index in [0.717, 1.165) is 12.0 Å². The van der Waals surface area contributed by atoms with Gasteiger partial charge < -0.3 is 5.32 Å². The molecule has 2 fully saturated rings. The van der Waals surface area contributed by atoms with Crippen LogP contribution in [0.2, 0.25) is 0 Å². The van der Waals surface area contributed by atoms with Crippen molar-refractivity contribution in [2.24, 2.45) is 5.92 Å². The van der Waals surface area contributed by atoms with Gasteiger partial charge in [-0.15, -0.1) is 0 Å².